The Bertz CT molecular complexity index is 1400. The zero-order chi connectivity index (χ0) is 50.4. The van der Waals surface area contributed by atoms with Crippen LogP contribution in [0.1, 0.15) is 0 Å². The zero-order valence-corrected chi connectivity index (χ0v) is 25.8. The zero-order valence-electron chi connectivity index (χ0n) is 24.9. The summed E-state index contributed by atoms with van der Waals surface area (Å²) >= 11 is 0. The molecule has 0 aliphatic heterocycles. The second-order valence-corrected chi connectivity index (χ2v) is 14.4. The van der Waals surface area contributed by atoms with Gasteiger partial charge in [0.1, 0.15) is 0 Å². The molecule has 0 rings (SSSR count). The molecule has 0 radical (unpaired) electrons. The molecule has 42 heteroatoms. The third-order valence-electron chi connectivity index (χ3n) is 7.23. The topological polar surface area (TPSA) is 0 Å². The summed E-state index contributed by atoms with van der Waals surface area (Å²) in [5.74, 6) is -126. The maximum absolute atomic E-state index is 16.6. The SMILES string of the molecule is FC(F)(F)C(F)(F)C(F)(F)C(F)(F)C(F)(F)C(F)(F)P(F)(F)(C(F)(F)C(F)(F)C(F)(F)C(F)(F)C(F)(F)C(F)(F)F)C(F)(F)C(F)(F)C(F)(F)C(F)(F)C(F)(F)C(F)(F)F. The van der Waals surface area contributed by atoms with Crippen molar-refractivity contribution in [2.24, 2.45) is 0 Å². The molecule has 0 amide bonds. The summed E-state index contributed by atoms with van der Waals surface area (Å²) in [7, 11) is -16.6. The Kier molecular flexibility index (Phi) is 12.5. The molecule has 0 aromatic rings. The van der Waals surface area contributed by atoms with Crippen LogP contribution in [0.5, 0.6) is 0 Å². The maximum atomic E-state index is 15.5. The van der Waals surface area contributed by atoms with Gasteiger partial charge in [0.25, 0.3) is 0 Å². The summed E-state index contributed by atoms with van der Waals surface area (Å²) in [5.41, 5.74) is -36.4. The molecule has 60 heavy (non-hydrogen) atoms. The minimum absolute atomic E-state index is 8.93. The number of hydrogen-bond donors (Lipinski definition) is 0. The van der Waals surface area contributed by atoms with Crippen molar-refractivity contribution in [2.75, 3.05) is 0 Å². The minimum atomic E-state index is -16.6. The summed E-state index contributed by atoms with van der Waals surface area (Å²) in [5, 5.41) is 0. The first-order chi connectivity index (χ1) is 24.8. The van der Waals surface area contributed by atoms with E-state index in [0.717, 1.165) is 0 Å². The molecule has 0 fully saturated rings. The van der Waals surface area contributed by atoms with Gasteiger partial charge in [-0.3, -0.25) is 0 Å². The molecule has 0 saturated carbocycles. The summed E-state index contributed by atoms with van der Waals surface area (Å²) in [4.78, 5) is 0. The van der Waals surface area contributed by atoms with Crippen LogP contribution in [0.2, 0.25) is 0 Å². The normalized spacial score (nSPS) is 18.1. The summed E-state index contributed by atoms with van der Waals surface area (Å²) in [6.45, 7) is 0. The Hall–Kier alpha value is -2.44. The Morgan fingerprint density at radius 2 is 0.250 bits per heavy atom. The van der Waals surface area contributed by atoms with E-state index in [2.05, 4.69) is 0 Å². The van der Waals surface area contributed by atoms with E-state index in [9.17, 15) is 171 Å². The van der Waals surface area contributed by atoms with Gasteiger partial charge in [-0.15, -0.1) is 0 Å². The third-order valence-corrected chi connectivity index (χ3v) is 11.0. The van der Waals surface area contributed by atoms with E-state index in [1.165, 1.54) is 0 Å². The van der Waals surface area contributed by atoms with Gasteiger partial charge in [-0.05, 0) is 0 Å². The Morgan fingerprint density at radius 3 is 0.350 bits per heavy atom. The number of halogens is 41. The van der Waals surface area contributed by atoms with Crippen LogP contribution in [0.3, 0.4) is 0 Å². The average Bonchev–Trinajstić information content (AvgIpc) is 2.97. The molecule has 0 atom stereocenters. The van der Waals surface area contributed by atoms with E-state index in [4.69, 9.17) is 0 Å². The van der Waals surface area contributed by atoms with E-state index >= 15 is 8.39 Å². The molecule has 0 aliphatic carbocycles. The predicted molar refractivity (Wildman–Crippen MR) is 102 cm³/mol. The first kappa shape index (κ1) is 57.6. The molecule has 364 valence electrons. The third kappa shape index (κ3) is 5.82. The van der Waals surface area contributed by atoms with Gasteiger partial charge in [-0.1, -0.05) is 0 Å². The van der Waals surface area contributed by atoms with E-state index < -0.39 is 114 Å². The Labute approximate surface area is 295 Å². The summed E-state index contributed by atoms with van der Waals surface area (Å²) in [6.07, 6.45) is -26.8. The van der Waals surface area contributed by atoms with Gasteiger partial charge in [0.05, 0.1) is 0 Å². The summed E-state index contributed by atoms with van der Waals surface area (Å²) in [6, 6.07) is 0. The molecular weight excluding hydrogens is 1030 g/mol. The molecule has 0 aromatic carbocycles. The molecule has 0 saturated heterocycles. The van der Waals surface area contributed by atoms with E-state index in [1.807, 2.05) is 0 Å². The van der Waals surface area contributed by atoms with Crippen LogP contribution in [0.4, 0.5) is 180 Å². The van der Waals surface area contributed by atoms with Crippen LogP contribution < -0.4 is 0 Å². The van der Waals surface area contributed by atoms with E-state index in [1.54, 1.807) is 0 Å². The second-order valence-electron chi connectivity index (χ2n) is 10.9. The summed E-state index contributed by atoms with van der Waals surface area (Å²) < 4.78 is 557. The van der Waals surface area contributed by atoms with Crippen LogP contribution in [0, 0.1) is 0 Å². The number of hydrogen-bond acceptors (Lipinski definition) is 0. The van der Waals surface area contributed by atoms with Gasteiger partial charge in [0.2, 0.25) is 0 Å². The molecule has 0 aliphatic rings. The van der Waals surface area contributed by atoms with Crippen molar-refractivity contribution in [2.45, 2.75) is 107 Å². The number of rotatable bonds is 15. The van der Waals surface area contributed by atoms with Crippen LogP contribution >= 0.6 is 7.22 Å². The van der Waals surface area contributed by atoms with E-state index in [0.29, 0.717) is 0 Å². The second kappa shape index (κ2) is 13.1. The van der Waals surface area contributed by atoms with Crippen molar-refractivity contribution in [3.8, 4) is 0 Å². The fraction of sp³-hybridized carbons (Fsp3) is 1.00. The Morgan fingerprint density at radius 1 is 0.150 bits per heavy atom. The van der Waals surface area contributed by atoms with Crippen molar-refractivity contribution in [3.63, 3.8) is 0 Å². The molecule has 0 aromatic heterocycles. The van der Waals surface area contributed by atoms with Gasteiger partial charge in [-0.2, -0.15) is 0 Å². The van der Waals surface area contributed by atoms with Crippen LogP contribution in [0.25, 0.3) is 0 Å². The monoisotopic (exact) mass is 1030 g/mol. The predicted octanol–water partition coefficient (Wildman–Crippen LogP) is 14.4. The fourth-order valence-corrected chi connectivity index (χ4v) is 6.51. The molecule has 0 nitrogen and oxygen atoms in total. The molecule has 0 bridgehead atoms. The van der Waals surface area contributed by atoms with Gasteiger partial charge in [-0.25, -0.2) is 0 Å². The van der Waals surface area contributed by atoms with Crippen molar-refractivity contribution < 1.29 is 180 Å². The van der Waals surface area contributed by atoms with Crippen LogP contribution in [-0.2, 0) is 0 Å². The van der Waals surface area contributed by atoms with Crippen molar-refractivity contribution in [1.29, 1.82) is 0 Å². The molecule has 0 heterocycles. The molecule has 0 unspecified atom stereocenters. The van der Waals surface area contributed by atoms with Crippen LogP contribution in [-0.4, -0.2) is 107 Å². The van der Waals surface area contributed by atoms with E-state index in [-0.39, 0.29) is 0 Å². The fourth-order valence-electron chi connectivity index (χ4n) is 3.55. The quantitative estimate of drug-likeness (QED) is 0.113. The standard InChI is InChI=1S/C18F41P/c19-1(20,7(31,32)13(43,44)45)4(25,26)10(37,38)16(52,53)60(58,59,17(54,55)11(39,40)5(27,28)2(21,22)8(33,34)14(46,47)48)18(56,57)12(41,42)6(29,30)3(23,24)9(35,36)15(49,50)51. The first-order valence-corrected chi connectivity index (χ1v) is 14.1. The molecular formula is C18F41P. The van der Waals surface area contributed by atoms with Gasteiger partial charge >= 0.3 is 293 Å². The van der Waals surface area contributed by atoms with Gasteiger partial charge < -0.3 is 0 Å². The van der Waals surface area contributed by atoms with Crippen molar-refractivity contribution in [1.82, 2.24) is 0 Å². The van der Waals surface area contributed by atoms with Gasteiger partial charge in [0, 0.05) is 0 Å². The van der Waals surface area contributed by atoms with Crippen LogP contribution in [0.15, 0.2) is 0 Å². The Balaban J connectivity index is 9.66. The first-order valence-electron chi connectivity index (χ1n) is 12.1. The number of alkyl halides is 39. The molecule has 0 N–H and O–H groups in total. The average molecular weight is 1030 g/mol. The van der Waals surface area contributed by atoms with Crippen molar-refractivity contribution >= 4 is 7.22 Å². The van der Waals surface area contributed by atoms with Gasteiger partial charge in [0.15, 0.2) is 0 Å². The van der Waals surface area contributed by atoms with Crippen molar-refractivity contribution in [3.05, 3.63) is 0 Å². The molecule has 0 spiro atoms.